The van der Waals surface area contributed by atoms with Gasteiger partial charge in [-0.3, -0.25) is 0 Å². The lowest BCUT2D eigenvalue weighted by atomic mass is 10.0. The van der Waals surface area contributed by atoms with Gasteiger partial charge in [-0.2, -0.15) is 0 Å². The van der Waals surface area contributed by atoms with Gasteiger partial charge in [0.15, 0.2) is 0 Å². The van der Waals surface area contributed by atoms with E-state index in [-0.39, 0.29) is 0 Å². The molecular formula is C13H18BrNO. The number of methoxy groups -OCH3 is 1. The van der Waals surface area contributed by atoms with Crippen LogP contribution in [0.3, 0.4) is 0 Å². The zero-order chi connectivity index (χ0) is 11.9. The molecule has 1 aliphatic rings. The lowest BCUT2D eigenvalue weighted by Crippen LogP contribution is -2.05. The highest BCUT2D eigenvalue weighted by Gasteiger charge is 2.57. The van der Waals surface area contributed by atoms with E-state index in [2.05, 4.69) is 48.0 Å². The summed E-state index contributed by atoms with van der Waals surface area (Å²) in [5.74, 6) is 2.06. The summed E-state index contributed by atoms with van der Waals surface area (Å²) in [5.41, 5.74) is 7.46. The van der Waals surface area contributed by atoms with Crippen LogP contribution in [0.25, 0.3) is 0 Å². The first-order valence-corrected chi connectivity index (χ1v) is 6.35. The van der Waals surface area contributed by atoms with E-state index < -0.39 is 0 Å². The van der Waals surface area contributed by atoms with Crippen molar-refractivity contribution in [1.29, 1.82) is 0 Å². The van der Waals surface area contributed by atoms with Gasteiger partial charge in [-0.25, -0.2) is 0 Å². The van der Waals surface area contributed by atoms with Gasteiger partial charge in [0.05, 0.1) is 11.6 Å². The molecule has 0 amide bonds. The molecule has 1 aliphatic carbocycles. The fraction of sp³-hybridized carbons (Fsp3) is 0.538. The molecule has 2 N–H and O–H groups in total. The van der Waals surface area contributed by atoms with Crippen molar-refractivity contribution < 1.29 is 4.74 Å². The topological polar surface area (TPSA) is 35.2 Å². The van der Waals surface area contributed by atoms with E-state index >= 15 is 0 Å². The molecule has 1 aromatic rings. The van der Waals surface area contributed by atoms with Crippen molar-refractivity contribution >= 4 is 15.9 Å². The van der Waals surface area contributed by atoms with Crippen LogP contribution in [0.5, 0.6) is 5.75 Å². The van der Waals surface area contributed by atoms with Gasteiger partial charge in [-0.15, -0.1) is 0 Å². The Bertz CT molecular complexity index is 403. The maximum absolute atomic E-state index is 5.80. The third-order valence-electron chi connectivity index (χ3n) is 3.84. The SMILES string of the molecule is COc1cc(C2C(CN)C2(C)C)ccc1Br. The number of hydrogen-bond acceptors (Lipinski definition) is 2. The fourth-order valence-electron chi connectivity index (χ4n) is 2.72. The van der Waals surface area contributed by atoms with Gasteiger partial charge in [0.1, 0.15) is 5.75 Å². The average molecular weight is 284 g/mol. The Labute approximate surface area is 105 Å². The number of nitrogens with two attached hydrogens (primary N) is 1. The van der Waals surface area contributed by atoms with E-state index in [0.29, 0.717) is 17.3 Å². The quantitative estimate of drug-likeness (QED) is 0.925. The molecule has 0 heterocycles. The maximum Gasteiger partial charge on any atom is 0.133 e. The molecule has 0 spiro atoms. The van der Waals surface area contributed by atoms with Gasteiger partial charge >= 0.3 is 0 Å². The number of benzene rings is 1. The van der Waals surface area contributed by atoms with Gasteiger partial charge in [0, 0.05) is 0 Å². The molecule has 2 rings (SSSR count). The summed E-state index contributed by atoms with van der Waals surface area (Å²) in [5, 5.41) is 0. The average Bonchev–Trinajstić information content (AvgIpc) is 2.81. The number of rotatable bonds is 3. The highest BCUT2D eigenvalue weighted by atomic mass is 79.9. The summed E-state index contributed by atoms with van der Waals surface area (Å²) < 4.78 is 6.32. The van der Waals surface area contributed by atoms with Gasteiger partial charge in [0.2, 0.25) is 0 Å². The minimum absolute atomic E-state index is 0.327. The van der Waals surface area contributed by atoms with Crippen molar-refractivity contribution in [3.63, 3.8) is 0 Å². The lowest BCUT2D eigenvalue weighted by Gasteiger charge is -2.07. The summed E-state index contributed by atoms with van der Waals surface area (Å²) in [6, 6.07) is 6.33. The van der Waals surface area contributed by atoms with Crippen molar-refractivity contribution in [1.82, 2.24) is 0 Å². The smallest absolute Gasteiger partial charge is 0.133 e. The monoisotopic (exact) mass is 283 g/mol. The van der Waals surface area contributed by atoms with Crippen LogP contribution >= 0.6 is 15.9 Å². The van der Waals surface area contributed by atoms with Crippen LogP contribution in [0.2, 0.25) is 0 Å². The third kappa shape index (κ3) is 1.76. The van der Waals surface area contributed by atoms with E-state index in [4.69, 9.17) is 10.5 Å². The standard InChI is InChI=1S/C13H18BrNO/c1-13(2)9(7-15)12(13)8-4-5-10(14)11(6-8)16-3/h4-6,9,12H,7,15H2,1-3H3. The molecule has 2 atom stereocenters. The van der Waals surface area contributed by atoms with E-state index in [0.717, 1.165) is 16.8 Å². The van der Waals surface area contributed by atoms with Gasteiger partial charge in [0.25, 0.3) is 0 Å². The maximum atomic E-state index is 5.80. The van der Waals surface area contributed by atoms with Gasteiger partial charge in [-0.1, -0.05) is 19.9 Å². The molecule has 16 heavy (non-hydrogen) atoms. The largest absolute Gasteiger partial charge is 0.496 e. The van der Waals surface area contributed by atoms with Crippen molar-refractivity contribution in [2.45, 2.75) is 19.8 Å². The number of ether oxygens (including phenoxy) is 1. The molecular weight excluding hydrogens is 266 g/mol. The van der Waals surface area contributed by atoms with Crippen molar-refractivity contribution in [2.75, 3.05) is 13.7 Å². The minimum atomic E-state index is 0.327. The lowest BCUT2D eigenvalue weighted by molar-refractivity contribution is 0.411. The van der Waals surface area contributed by atoms with Crippen LogP contribution in [-0.2, 0) is 0 Å². The molecule has 0 saturated heterocycles. The summed E-state index contributed by atoms with van der Waals surface area (Å²) >= 11 is 3.47. The first kappa shape index (κ1) is 11.9. The Hall–Kier alpha value is -0.540. The number of hydrogen-bond donors (Lipinski definition) is 1. The zero-order valence-electron chi connectivity index (χ0n) is 9.96. The second kappa shape index (κ2) is 4.04. The second-order valence-electron chi connectivity index (χ2n) is 5.04. The second-order valence-corrected chi connectivity index (χ2v) is 5.89. The summed E-state index contributed by atoms with van der Waals surface area (Å²) in [7, 11) is 1.70. The van der Waals surface area contributed by atoms with E-state index in [1.165, 1.54) is 5.56 Å². The van der Waals surface area contributed by atoms with Crippen LogP contribution in [0.15, 0.2) is 22.7 Å². The molecule has 1 fully saturated rings. The Morgan fingerprint density at radius 1 is 1.44 bits per heavy atom. The Kier molecular flexibility index (Phi) is 3.01. The molecule has 3 heteroatoms. The van der Waals surface area contributed by atoms with Crippen LogP contribution < -0.4 is 10.5 Å². The van der Waals surface area contributed by atoms with Gasteiger partial charge < -0.3 is 10.5 Å². The zero-order valence-corrected chi connectivity index (χ0v) is 11.5. The molecule has 2 unspecified atom stereocenters. The Morgan fingerprint density at radius 3 is 2.62 bits per heavy atom. The molecule has 2 nitrogen and oxygen atoms in total. The molecule has 0 aromatic heterocycles. The normalized spacial score (nSPS) is 26.6. The summed E-state index contributed by atoms with van der Waals surface area (Å²) in [6.45, 7) is 5.32. The Morgan fingerprint density at radius 2 is 2.12 bits per heavy atom. The summed E-state index contributed by atoms with van der Waals surface area (Å²) in [6.07, 6.45) is 0. The van der Waals surface area contributed by atoms with Crippen molar-refractivity contribution in [3.8, 4) is 5.75 Å². The minimum Gasteiger partial charge on any atom is -0.496 e. The highest BCUT2D eigenvalue weighted by Crippen LogP contribution is 2.64. The highest BCUT2D eigenvalue weighted by molar-refractivity contribution is 9.10. The first-order valence-electron chi connectivity index (χ1n) is 5.56. The van der Waals surface area contributed by atoms with E-state index in [1.54, 1.807) is 7.11 Å². The fourth-order valence-corrected chi connectivity index (χ4v) is 3.12. The van der Waals surface area contributed by atoms with Crippen molar-refractivity contribution in [3.05, 3.63) is 28.2 Å². The predicted octanol–water partition coefficient (Wildman–Crippen LogP) is 3.16. The molecule has 0 radical (unpaired) electrons. The van der Waals surface area contributed by atoms with Crippen molar-refractivity contribution in [2.24, 2.45) is 17.1 Å². The Balaban J connectivity index is 2.30. The van der Waals surface area contributed by atoms with Gasteiger partial charge in [-0.05, 0) is 57.4 Å². The van der Waals surface area contributed by atoms with Crippen LogP contribution in [0.4, 0.5) is 0 Å². The molecule has 0 aliphatic heterocycles. The molecule has 1 saturated carbocycles. The molecule has 88 valence electrons. The van der Waals surface area contributed by atoms with Crippen LogP contribution in [0, 0.1) is 11.3 Å². The third-order valence-corrected chi connectivity index (χ3v) is 4.49. The first-order chi connectivity index (χ1) is 7.52. The van der Waals surface area contributed by atoms with Crippen LogP contribution in [0.1, 0.15) is 25.3 Å². The van der Waals surface area contributed by atoms with Crippen LogP contribution in [-0.4, -0.2) is 13.7 Å². The van der Waals surface area contributed by atoms with E-state index in [9.17, 15) is 0 Å². The summed E-state index contributed by atoms with van der Waals surface area (Å²) in [4.78, 5) is 0. The molecule has 0 bridgehead atoms. The molecule has 1 aromatic carbocycles. The number of halogens is 1. The van der Waals surface area contributed by atoms with E-state index in [1.807, 2.05) is 0 Å². The predicted molar refractivity (Wildman–Crippen MR) is 69.8 cm³/mol.